The average Bonchev–Trinajstić information content (AvgIpc) is 2.20. The summed E-state index contributed by atoms with van der Waals surface area (Å²) in [6.07, 6.45) is 8.83. The Hall–Kier alpha value is -0.570. The van der Waals surface area contributed by atoms with Crippen molar-refractivity contribution in [1.29, 1.82) is 0 Å². The van der Waals surface area contributed by atoms with E-state index in [4.69, 9.17) is 12.2 Å². The van der Waals surface area contributed by atoms with Crippen LogP contribution in [-0.2, 0) is 0 Å². The highest BCUT2D eigenvalue weighted by Gasteiger charge is 2.02. The topological polar surface area (TPSA) is 24.1 Å². The molecule has 0 spiro atoms. The first-order valence-electron chi connectivity index (χ1n) is 5.52. The van der Waals surface area contributed by atoms with Gasteiger partial charge in [-0.3, -0.25) is 0 Å². The molecule has 0 heterocycles. The van der Waals surface area contributed by atoms with Gasteiger partial charge in [-0.15, -0.1) is 0 Å². The maximum absolute atomic E-state index is 5.08. The van der Waals surface area contributed by atoms with E-state index in [9.17, 15) is 0 Å². The average molecular weight is 212 g/mol. The van der Waals surface area contributed by atoms with Crippen molar-refractivity contribution in [2.75, 3.05) is 13.1 Å². The van der Waals surface area contributed by atoms with Gasteiger partial charge in [-0.1, -0.05) is 11.6 Å². The molecule has 2 N–H and O–H groups in total. The summed E-state index contributed by atoms with van der Waals surface area (Å²) in [5.74, 6) is 0. The summed E-state index contributed by atoms with van der Waals surface area (Å²) in [5, 5.41) is 7.08. The summed E-state index contributed by atoms with van der Waals surface area (Å²) in [5.41, 5.74) is 1.60. The van der Waals surface area contributed by atoms with Crippen molar-refractivity contribution >= 4 is 17.3 Å². The van der Waals surface area contributed by atoms with Crippen LogP contribution in [0.5, 0.6) is 0 Å². The molecule has 0 unspecified atom stereocenters. The molecule has 0 radical (unpaired) electrons. The van der Waals surface area contributed by atoms with Crippen LogP contribution in [0.2, 0.25) is 0 Å². The van der Waals surface area contributed by atoms with Crippen LogP contribution in [0, 0.1) is 0 Å². The molecule has 0 aliphatic heterocycles. The number of hydrogen-bond acceptors (Lipinski definition) is 1. The minimum absolute atomic E-state index is 0.781. The maximum Gasteiger partial charge on any atom is 0.166 e. The van der Waals surface area contributed by atoms with Gasteiger partial charge in [0.05, 0.1) is 0 Å². The Labute approximate surface area is 92.2 Å². The van der Waals surface area contributed by atoms with Crippen LogP contribution in [0.15, 0.2) is 11.6 Å². The van der Waals surface area contributed by atoms with Crippen LogP contribution in [0.4, 0.5) is 0 Å². The van der Waals surface area contributed by atoms with Gasteiger partial charge in [0.15, 0.2) is 5.11 Å². The monoisotopic (exact) mass is 212 g/mol. The zero-order valence-electron chi connectivity index (χ0n) is 8.94. The van der Waals surface area contributed by atoms with Crippen molar-refractivity contribution < 1.29 is 0 Å². The van der Waals surface area contributed by atoms with E-state index in [2.05, 4.69) is 23.6 Å². The zero-order valence-corrected chi connectivity index (χ0v) is 9.75. The second-order valence-corrected chi connectivity index (χ2v) is 4.05. The molecule has 0 saturated carbocycles. The quantitative estimate of drug-likeness (QED) is 0.552. The maximum atomic E-state index is 5.08. The SMILES string of the molecule is CCNC(=S)NCCC1=CCCCC1. The molecule has 1 aliphatic rings. The van der Waals surface area contributed by atoms with E-state index in [0.29, 0.717) is 0 Å². The van der Waals surface area contributed by atoms with E-state index >= 15 is 0 Å². The summed E-state index contributed by atoms with van der Waals surface area (Å²) >= 11 is 5.08. The fraction of sp³-hybridized carbons (Fsp3) is 0.727. The number of rotatable bonds is 4. The fourth-order valence-corrected chi connectivity index (χ4v) is 1.94. The molecule has 0 amide bonds. The predicted octanol–water partition coefficient (Wildman–Crippen LogP) is 2.36. The lowest BCUT2D eigenvalue weighted by Crippen LogP contribution is -2.35. The molecule has 3 heteroatoms. The summed E-state index contributed by atoms with van der Waals surface area (Å²) in [6, 6.07) is 0. The molecule has 80 valence electrons. The van der Waals surface area contributed by atoms with Gasteiger partial charge in [0, 0.05) is 13.1 Å². The van der Waals surface area contributed by atoms with Gasteiger partial charge in [-0.2, -0.15) is 0 Å². The largest absolute Gasteiger partial charge is 0.363 e. The highest BCUT2D eigenvalue weighted by atomic mass is 32.1. The standard InChI is InChI=1S/C11H20N2S/c1-2-12-11(14)13-9-8-10-6-4-3-5-7-10/h6H,2-5,7-9H2,1H3,(H2,12,13,14). The van der Waals surface area contributed by atoms with E-state index in [1.54, 1.807) is 5.57 Å². The normalized spacial score (nSPS) is 15.9. The van der Waals surface area contributed by atoms with Gasteiger partial charge in [0.2, 0.25) is 0 Å². The number of thiocarbonyl (C=S) groups is 1. The third kappa shape index (κ3) is 4.61. The van der Waals surface area contributed by atoms with Crippen molar-refractivity contribution in [3.8, 4) is 0 Å². The minimum atomic E-state index is 0.781. The number of hydrogen-bond donors (Lipinski definition) is 2. The zero-order chi connectivity index (χ0) is 10.2. The van der Waals surface area contributed by atoms with Crippen molar-refractivity contribution in [2.45, 2.75) is 39.0 Å². The molecule has 1 rings (SSSR count). The first-order valence-corrected chi connectivity index (χ1v) is 5.93. The molecule has 0 saturated heterocycles. The van der Waals surface area contributed by atoms with E-state index < -0.39 is 0 Å². The van der Waals surface area contributed by atoms with Crippen molar-refractivity contribution in [3.63, 3.8) is 0 Å². The van der Waals surface area contributed by atoms with Gasteiger partial charge in [0.25, 0.3) is 0 Å². The predicted molar refractivity (Wildman–Crippen MR) is 65.4 cm³/mol. The Morgan fingerprint density at radius 2 is 2.29 bits per heavy atom. The Morgan fingerprint density at radius 1 is 1.43 bits per heavy atom. The van der Waals surface area contributed by atoms with Crippen LogP contribution in [0.3, 0.4) is 0 Å². The number of allylic oxidation sites excluding steroid dienone is 1. The van der Waals surface area contributed by atoms with Crippen LogP contribution < -0.4 is 10.6 Å². The lowest BCUT2D eigenvalue weighted by Gasteiger charge is -2.13. The fourth-order valence-electron chi connectivity index (χ4n) is 1.69. The van der Waals surface area contributed by atoms with E-state index in [1.807, 2.05) is 0 Å². The Morgan fingerprint density at radius 3 is 2.93 bits per heavy atom. The smallest absolute Gasteiger partial charge is 0.166 e. The summed E-state index contributed by atoms with van der Waals surface area (Å²) < 4.78 is 0. The minimum Gasteiger partial charge on any atom is -0.363 e. The molecule has 0 aromatic heterocycles. The Bertz CT molecular complexity index is 211. The van der Waals surface area contributed by atoms with Crippen molar-refractivity contribution in [1.82, 2.24) is 10.6 Å². The molecule has 0 fully saturated rings. The molecule has 14 heavy (non-hydrogen) atoms. The second kappa shape index (κ2) is 6.82. The van der Waals surface area contributed by atoms with Crippen LogP contribution in [0.1, 0.15) is 39.0 Å². The van der Waals surface area contributed by atoms with Crippen LogP contribution >= 0.6 is 12.2 Å². The molecule has 0 aromatic rings. The molecule has 0 aromatic carbocycles. The van der Waals surface area contributed by atoms with Gasteiger partial charge >= 0.3 is 0 Å². The van der Waals surface area contributed by atoms with E-state index in [-0.39, 0.29) is 0 Å². The van der Waals surface area contributed by atoms with Crippen molar-refractivity contribution in [2.24, 2.45) is 0 Å². The second-order valence-electron chi connectivity index (χ2n) is 3.64. The molecular formula is C11H20N2S. The van der Waals surface area contributed by atoms with Crippen molar-refractivity contribution in [3.05, 3.63) is 11.6 Å². The summed E-state index contributed by atoms with van der Waals surface area (Å²) in [6.45, 7) is 3.92. The van der Waals surface area contributed by atoms with Gasteiger partial charge < -0.3 is 10.6 Å². The first kappa shape index (κ1) is 11.5. The third-order valence-electron chi connectivity index (χ3n) is 2.45. The summed E-state index contributed by atoms with van der Waals surface area (Å²) in [4.78, 5) is 0. The Balaban J connectivity index is 2.08. The molecular weight excluding hydrogens is 192 g/mol. The molecule has 1 aliphatic carbocycles. The number of nitrogens with one attached hydrogen (secondary N) is 2. The molecule has 0 atom stereocenters. The van der Waals surface area contributed by atoms with E-state index in [0.717, 1.165) is 24.6 Å². The van der Waals surface area contributed by atoms with Gasteiger partial charge in [0.1, 0.15) is 0 Å². The van der Waals surface area contributed by atoms with E-state index in [1.165, 1.54) is 25.7 Å². The lowest BCUT2D eigenvalue weighted by atomic mass is 9.97. The Kier molecular flexibility index (Phi) is 5.60. The first-order chi connectivity index (χ1) is 6.83. The highest BCUT2D eigenvalue weighted by Crippen LogP contribution is 2.19. The molecule has 2 nitrogen and oxygen atoms in total. The summed E-state index contributed by atoms with van der Waals surface area (Å²) in [7, 11) is 0. The van der Waals surface area contributed by atoms with Gasteiger partial charge in [-0.05, 0) is 51.2 Å². The van der Waals surface area contributed by atoms with Crippen LogP contribution in [0.25, 0.3) is 0 Å². The van der Waals surface area contributed by atoms with Gasteiger partial charge in [-0.25, -0.2) is 0 Å². The highest BCUT2D eigenvalue weighted by molar-refractivity contribution is 7.80. The lowest BCUT2D eigenvalue weighted by molar-refractivity contribution is 0.667. The molecule has 0 bridgehead atoms. The third-order valence-corrected chi connectivity index (χ3v) is 2.74. The van der Waals surface area contributed by atoms with Crippen LogP contribution in [-0.4, -0.2) is 18.2 Å².